The molecule has 0 spiro atoms. The molecule has 1 heterocycles. The summed E-state index contributed by atoms with van der Waals surface area (Å²) in [6, 6.07) is 1.86. The highest BCUT2D eigenvalue weighted by Crippen LogP contribution is 2.07. The molecule has 0 aromatic carbocycles. The van der Waals surface area contributed by atoms with Crippen LogP contribution in [-0.2, 0) is 10.0 Å². The number of nitrogens with one attached hydrogen (secondary N) is 2. The van der Waals surface area contributed by atoms with Crippen LogP contribution in [0.4, 0.5) is 5.82 Å². The Morgan fingerprint density at radius 1 is 1.39 bits per heavy atom. The summed E-state index contributed by atoms with van der Waals surface area (Å²) in [6.45, 7) is 3.84. The predicted molar refractivity (Wildman–Crippen MR) is 67.3 cm³/mol. The van der Waals surface area contributed by atoms with Crippen molar-refractivity contribution in [3.05, 3.63) is 18.1 Å². The van der Waals surface area contributed by atoms with E-state index in [-0.39, 0.29) is 5.69 Å². The van der Waals surface area contributed by atoms with Gasteiger partial charge in [-0.25, -0.2) is 23.1 Å². The van der Waals surface area contributed by atoms with Crippen molar-refractivity contribution >= 4 is 15.8 Å². The van der Waals surface area contributed by atoms with E-state index in [0.717, 1.165) is 6.26 Å². The molecule has 8 heteroatoms. The second kappa shape index (κ2) is 5.29. The van der Waals surface area contributed by atoms with Gasteiger partial charge in [0.25, 0.3) is 0 Å². The number of sulfonamides is 1. The Kier molecular flexibility index (Phi) is 4.21. The second-order valence-corrected chi connectivity index (χ2v) is 6.26. The average Bonchev–Trinajstić information content (AvgIpc) is 2.24. The van der Waals surface area contributed by atoms with Crippen molar-refractivity contribution < 1.29 is 8.42 Å². The van der Waals surface area contributed by atoms with Crippen LogP contribution in [0.1, 0.15) is 19.5 Å². The fourth-order valence-electron chi connectivity index (χ4n) is 1.33. The van der Waals surface area contributed by atoms with Crippen LogP contribution in [0.15, 0.2) is 12.4 Å². The molecule has 0 bridgehead atoms. The Morgan fingerprint density at radius 2 is 2.06 bits per heavy atom. The minimum Gasteiger partial charge on any atom is -0.367 e. The number of aromatic nitrogens is 2. The highest BCUT2D eigenvalue weighted by atomic mass is 32.2. The molecule has 0 radical (unpaired) electrons. The predicted octanol–water partition coefficient (Wildman–Crippen LogP) is 0.0880. The van der Waals surface area contributed by atoms with Crippen LogP contribution in [0.3, 0.4) is 0 Å². The molecule has 0 fully saturated rings. The molecule has 98 valence electrons. The van der Waals surface area contributed by atoms with E-state index >= 15 is 0 Å². The summed E-state index contributed by atoms with van der Waals surface area (Å²) in [5, 5.41) is 11.5. The van der Waals surface area contributed by atoms with Gasteiger partial charge < -0.3 is 5.32 Å². The molecule has 0 atom stereocenters. The summed E-state index contributed by atoms with van der Waals surface area (Å²) in [5.74, 6) is 0.484. The van der Waals surface area contributed by atoms with Crippen molar-refractivity contribution in [2.24, 2.45) is 0 Å². The van der Waals surface area contributed by atoms with Gasteiger partial charge in [0.15, 0.2) is 5.69 Å². The number of hydrogen-bond acceptors (Lipinski definition) is 6. The van der Waals surface area contributed by atoms with Gasteiger partial charge in [-0.3, -0.25) is 0 Å². The van der Waals surface area contributed by atoms with Gasteiger partial charge in [-0.15, -0.1) is 0 Å². The van der Waals surface area contributed by atoms with E-state index < -0.39 is 15.6 Å². The Balaban J connectivity index is 2.61. The second-order valence-electron chi connectivity index (χ2n) is 4.51. The molecule has 1 rings (SSSR count). The maximum atomic E-state index is 11.1. The zero-order chi connectivity index (χ0) is 13.8. The number of hydrogen-bond donors (Lipinski definition) is 2. The van der Waals surface area contributed by atoms with Crippen LogP contribution in [0.5, 0.6) is 0 Å². The molecule has 0 unspecified atom stereocenters. The van der Waals surface area contributed by atoms with E-state index in [4.69, 9.17) is 5.26 Å². The van der Waals surface area contributed by atoms with Crippen molar-refractivity contribution in [1.29, 1.82) is 5.26 Å². The zero-order valence-electron chi connectivity index (χ0n) is 10.4. The van der Waals surface area contributed by atoms with Crippen molar-refractivity contribution in [2.45, 2.75) is 19.4 Å². The third-order valence-electron chi connectivity index (χ3n) is 1.94. The van der Waals surface area contributed by atoms with Gasteiger partial charge in [0.2, 0.25) is 10.0 Å². The molecular weight excluding hydrogens is 254 g/mol. The number of nitrogens with zero attached hydrogens (tertiary/aromatic N) is 3. The smallest absolute Gasteiger partial charge is 0.209 e. The Morgan fingerprint density at radius 3 is 2.50 bits per heavy atom. The van der Waals surface area contributed by atoms with Crippen LogP contribution >= 0.6 is 0 Å². The Hall–Kier alpha value is -1.72. The summed E-state index contributed by atoms with van der Waals surface area (Å²) in [4.78, 5) is 7.82. The van der Waals surface area contributed by atoms with Crippen molar-refractivity contribution in [2.75, 3.05) is 18.1 Å². The third kappa shape index (κ3) is 5.07. The molecule has 1 aromatic heterocycles. The maximum Gasteiger partial charge on any atom is 0.209 e. The van der Waals surface area contributed by atoms with Crippen LogP contribution < -0.4 is 10.0 Å². The molecule has 0 aliphatic carbocycles. The summed E-state index contributed by atoms with van der Waals surface area (Å²) in [6.07, 6.45) is 3.88. The Bertz CT molecular complexity index is 545. The summed E-state index contributed by atoms with van der Waals surface area (Å²) in [5.41, 5.74) is -0.419. The third-order valence-corrected chi connectivity index (χ3v) is 2.86. The lowest BCUT2D eigenvalue weighted by atomic mass is 10.1. The van der Waals surface area contributed by atoms with E-state index in [1.54, 1.807) is 13.8 Å². The van der Waals surface area contributed by atoms with Crippen LogP contribution in [-0.4, -0.2) is 36.7 Å². The first-order chi connectivity index (χ1) is 8.22. The fourth-order valence-corrected chi connectivity index (χ4v) is 2.40. The normalized spacial score (nSPS) is 11.9. The van der Waals surface area contributed by atoms with E-state index in [1.807, 2.05) is 6.07 Å². The number of nitriles is 1. The highest BCUT2D eigenvalue weighted by molar-refractivity contribution is 7.88. The number of rotatable bonds is 5. The number of anilines is 1. The van der Waals surface area contributed by atoms with Crippen molar-refractivity contribution in [3.8, 4) is 6.07 Å². The fraction of sp³-hybridized carbons (Fsp3) is 0.500. The van der Waals surface area contributed by atoms with Gasteiger partial charge in [0.1, 0.15) is 11.9 Å². The topological polar surface area (TPSA) is 108 Å². The molecule has 2 N–H and O–H groups in total. The standard InChI is InChI=1S/C10H15N5O2S/c1-10(2,15-18(3,16)17)7-14-9-6-12-8(4-11)5-13-9/h5-6,15H,7H2,1-3H3,(H,13,14). The molecule has 0 saturated heterocycles. The largest absolute Gasteiger partial charge is 0.367 e. The van der Waals surface area contributed by atoms with E-state index in [9.17, 15) is 8.42 Å². The van der Waals surface area contributed by atoms with Gasteiger partial charge in [0, 0.05) is 12.1 Å². The first-order valence-corrected chi connectivity index (χ1v) is 7.06. The maximum absolute atomic E-state index is 11.1. The van der Waals surface area contributed by atoms with E-state index in [0.29, 0.717) is 12.4 Å². The van der Waals surface area contributed by atoms with E-state index in [2.05, 4.69) is 20.0 Å². The minimum atomic E-state index is -3.27. The quantitative estimate of drug-likeness (QED) is 0.784. The van der Waals surface area contributed by atoms with Crippen molar-refractivity contribution in [1.82, 2.24) is 14.7 Å². The lowest BCUT2D eigenvalue weighted by Crippen LogP contribution is -2.47. The lowest BCUT2D eigenvalue weighted by Gasteiger charge is -2.25. The molecule has 0 aliphatic rings. The summed E-state index contributed by atoms with van der Waals surface area (Å²) >= 11 is 0. The van der Waals surface area contributed by atoms with Crippen LogP contribution in [0, 0.1) is 11.3 Å². The van der Waals surface area contributed by atoms with Gasteiger partial charge in [-0.2, -0.15) is 5.26 Å². The van der Waals surface area contributed by atoms with Gasteiger partial charge in [0.05, 0.1) is 18.6 Å². The molecule has 1 aromatic rings. The highest BCUT2D eigenvalue weighted by Gasteiger charge is 2.21. The molecule has 0 amide bonds. The van der Waals surface area contributed by atoms with Gasteiger partial charge in [-0.05, 0) is 13.8 Å². The molecule has 0 aliphatic heterocycles. The SMILES string of the molecule is CC(C)(CNc1cnc(C#N)cn1)NS(C)(=O)=O. The first-order valence-electron chi connectivity index (χ1n) is 5.17. The molecule has 7 nitrogen and oxygen atoms in total. The van der Waals surface area contributed by atoms with Crippen LogP contribution in [0.2, 0.25) is 0 Å². The minimum absolute atomic E-state index is 0.231. The van der Waals surface area contributed by atoms with Crippen LogP contribution in [0.25, 0.3) is 0 Å². The van der Waals surface area contributed by atoms with E-state index in [1.165, 1.54) is 12.4 Å². The summed E-state index contributed by atoms with van der Waals surface area (Å²) in [7, 11) is -3.27. The van der Waals surface area contributed by atoms with Gasteiger partial charge >= 0.3 is 0 Å². The zero-order valence-corrected chi connectivity index (χ0v) is 11.2. The molecule has 18 heavy (non-hydrogen) atoms. The van der Waals surface area contributed by atoms with Gasteiger partial charge in [-0.1, -0.05) is 0 Å². The Labute approximate surface area is 106 Å². The molecule has 0 saturated carbocycles. The average molecular weight is 269 g/mol. The lowest BCUT2D eigenvalue weighted by molar-refractivity contribution is 0.476. The first kappa shape index (κ1) is 14.3. The molecular formula is C10H15N5O2S. The summed E-state index contributed by atoms with van der Waals surface area (Å²) < 4.78 is 24.8. The monoisotopic (exact) mass is 269 g/mol. The van der Waals surface area contributed by atoms with Crippen molar-refractivity contribution in [3.63, 3.8) is 0 Å².